The zero-order valence-corrected chi connectivity index (χ0v) is 15.9. The summed E-state index contributed by atoms with van der Waals surface area (Å²) in [5.74, 6) is -0.0492. The number of aromatic nitrogens is 2. The fourth-order valence-electron chi connectivity index (χ4n) is 2.41. The number of nitro groups is 1. The van der Waals surface area contributed by atoms with Crippen LogP contribution in [0.2, 0.25) is 10.0 Å². The summed E-state index contributed by atoms with van der Waals surface area (Å²) in [6, 6.07) is 12.9. The highest BCUT2D eigenvalue weighted by Crippen LogP contribution is 2.29. The van der Waals surface area contributed by atoms with Crippen molar-refractivity contribution >= 4 is 41.1 Å². The molecule has 3 aromatic rings. The normalized spacial score (nSPS) is 10.7. The molecule has 9 nitrogen and oxygen atoms in total. The van der Waals surface area contributed by atoms with Crippen molar-refractivity contribution in [2.24, 2.45) is 5.10 Å². The number of hydrogen-bond acceptors (Lipinski definition) is 7. The van der Waals surface area contributed by atoms with E-state index in [4.69, 9.17) is 23.2 Å². The molecule has 0 saturated carbocycles. The van der Waals surface area contributed by atoms with E-state index in [9.17, 15) is 20.2 Å². The van der Waals surface area contributed by atoms with E-state index in [1.54, 1.807) is 30.3 Å². The van der Waals surface area contributed by atoms with Crippen molar-refractivity contribution in [2.75, 3.05) is 5.43 Å². The monoisotopic (exact) mass is 428 g/mol. The minimum atomic E-state index is -0.653. The number of hydrogen-bond donors (Lipinski definition) is 2. The molecule has 144 valence electrons. The summed E-state index contributed by atoms with van der Waals surface area (Å²) >= 11 is 11.7. The quantitative estimate of drug-likeness (QED) is 0.358. The molecule has 3 rings (SSSR count). The molecule has 0 saturated heterocycles. The van der Waals surface area contributed by atoms with Gasteiger partial charge < -0.3 is 0 Å². The highest BCUT2D eigenvalue weighted by molar-refractivity contribution is 6.42. The van der Waals surface area contributed by atoms with Gasteiger partial charge in [-0.05, 0) is 6.07 Å². The molecule has 0 fully saturated rings. The van der Waals surface area contributed by atoms with Crippen LogP contribution in [-0.2, 0) is 0 Å². The second-order valence-electron chi connectivity index (χ2n) is 5.57. The van der Waals surface area contributed by atoms with Crippen molar-refractivity contribution in [1.29, 1.82) is 5.26 Å². The van der Waals surface area contributed by atoms with E-state index in [1.165, 1.54) is 6.07 Å². The molecule has 1 aromatic heterocycles. The third-order valence-corrected chi connectivity index (χ3v) is 4.44. The van der Waals surface area contributed by atoms with Crippen LogP contribution in [0.3, 0.4) is 0 Å². The summed E-state index contributed by atoms with van der Waals surface area (Å²) in [5, 5.41) is 24.4. The fourth-order valence-corrected chi connectivity index (χ4v) is 2.74. The Morgan fingerprint density at radius 1 is 1.24 bits per heavy atom. The largest absolute Gasteiger partial charge is 0.290 e. The predicted octanol–water partition coefficient (Wildman–Crippen LogP) is 3.97. The molecule has 2 N–H and O–H groups in total. The second kappa shape index (κ2) is 8.52. The zero-order chi connectivity index (χ0) is 21.0. The van der Waals surface area contributed by atoms with Crippen molar-refractivity contribution in [3.8, 4) is 17.3 Å². The highest BCUT2D eigenvalue weighted by atomic mass is 35.5. The molecule has 0 spiro atoms. The molecule has 29 heavy (non-hydrogen) atoms. The molecule has 2 aromatic carbocycles. The van der Waals surface area contributed by atoms with Crippen LogP contribution in [0.4, 0.5) is 11.6 Å². The van der Waals surface area contributed by atoms with Gasteiger partial charge in [0.25, 0.3) is 11.2 Å². The number of rotatable bonds is 5. The molecule has 0 unspecified atom stereocenters. The van der Waals surface area contributed by atoms with Gasteiger partial charge in [0.2, 0.25) is 5.95 Å². The van der Waals surface area contributed by atoms with E-state index >= 15 is 0 Å². The highest BCUT2D eigenvalue weighted by Gasteiger charge is 2.16. The molecule has 0 aliphatic carbocycles. The lowest BCUT2D eigenvalue weighted by atomic mass is 10.1. The minimum absolute atomic E-state index is 0.0362. The van der Waals surface area contributed by atoms with Gasteiger partial charge in [-0.1, -0.05) is 53.5 Å². The van der Waals surface area contributed by atoms with Crippen molar-refractivity contribution in [3.05, 3.63) is 84.1 Å². The number of hydrazone groups is 1. The first kappa shape index (κ1) is 20.0. The molecular formula is C18H10Cl2N6O3. The van der Waals surface area contributed by atoms with Crippen molar-refractivity contribution in [1.82, 2.24) is 9.97 Å². The van der Waals surface area contributed by atoms with Gasteiger partial charge in [0.15, 0.2) is 0 Å². The van der Waals surface area contributed by atoms with Crippen LogP contribution in [0.15, 0.2) is 52.4 Å². The third-order valence-electron chi connectivity index (χ3n) is 3.72. The number of anilines is 1. The van der Waals surface area contributed by atoms with Gasteiger partial charge in [0.1, 0.15) is 11.6 Å². The van der Waals surface area contributed by atoms with Crippen LogP contribution < -0.4 is 11.0 Å². The summed E-state index contributed by atoms with van der Waals surface area (Å²) in [7, 11) is 0. The van der Waals surface area contributed by atoms with Gasteiger partial charge in [-0.25, -0.2) is 10.4 Å². The number of H-pyrrole nitrogens is 1. The number of nitrogens with one attached hydrogen (secondary N) is 2. The van der Waals surface area contributed by atoms with Gasteiger partial charge in [0.05, 0.1) is 32.4 Å². The molecule has 0 amide bonds. The van der Waals surface area contributed by atoms with E-state index < -0.39 is 10.5 Å². The number of nitro benzene ring substituents is 1. The standard InChI is InChI=1S/C18H10Cl2N6O3/c19-13-6-11(15(26(28)29)7-14(13)20)9-22-25-18-23-16(10-4-2-1-3-5-10)12(8-21)17(27)24-18/h1-7,9H,(H2,23,24,25,27). The number of benzene rings is 2. The van der Waals surface area contributed by atoms with Crippen molar-refractivity contribution in [3.63, 3.8) is 0 Å². The van der Waals surface area contributed by atoms with Gasteiger partial charge >= 0.3 is 0 Å². The van der Waals surface area contributed by atoms with E-state index in [0.717, 1.165) is 12.3 Å². The SMILES string of the molecule is N#Cc1c(-c2ccccc2)nc(NN=Cc2cc(Cl)c(Cl)cc2[N+](=O)[O-])[nH]c1=O. The maximum absolute atomic E-state index is 12.2. The van der Waals surface area contributed by atoms with Crippen LogP contribution in [-0.4, -0.2) is 21.1 Å². The van der Waals surface area contributed by atoms with Gasteiger partial charge in [0, 0.05) is 11.6 Å². The van der Waals surface area contributed by atoms with E-state index in [1.807, 2.05) is 6.07 Å². The van der Waals surface area contributed by atoms with E-state index in [-0.39, 0.29) is 38.5 Å². The first-order valence-corrected chi connectivity index (χ1v) is 8.68. The van der Waals surface area contributed by atoms with Crippen LogP contribution in [0.1, 0.15) is 11.1 Å². The molecule has 1 heterocycles. The zero-order valence-electron chi connectivity index (χ0n) is 14.4. The maximum atomic E-state index is 12.2. The lowest BCUT2D eigenvalue weighted by molar-refractivity contribution is -0.385. The summed E-state index contributed by atoms with van der Waals surface area (Å²) in [6.07, 6.45) is 1.14. The summed E-state index contributed by atoms with van der Waals surface area (Å²) in [5.41, 5.74) is 2.24. The molecular weight excluding hydrogens is 419 g/mol. The number of halogens is 2. The molecule has 0 aliphatic heterocycles. The molecule has 11 heteroatoms. The van der Waals surface area contributed by atoms with E-state index in [0.29, 0.717) is 5.56 Å². The molecule has 0 bridgehead atoms. The molecule has 0 aliphatic rings. The van der Waals surface area contributed by atoms with Gasteiger partial charge in [-0.2, -0.15) is 10.4 Å². The predicted molar refractivity (Wildman–Crippen MR) is 109 cm³/mol. The number of aromatic amines is 1. The summed E-state index contributed by atoms with van der Waals surface area (Å²) < 4.78 is 0. The van der Waals surface area contributed by atoms with Gasteiger partial charge in [-0.3, -0.25) is 19.9 Å². The van der Waals surface area contributed by atoms with Gasteiger partial charge in [-0.15, -0.1) is 0 Å². The number of nitrogens with zero attached hydrogens (tertiary/aromatic N) is 4. The second-order valence-corrected chi connectivity index (χ2v) is 6.38. The fraction of sp³-hybridized carbons (Fsp3) is 0. The van der Waals surface area contributed by atoms with E-state index in [2.05, 4.69) is 20.5 Å². The Morgan fingerprint density at radius 3 is 2.59 bits per heavy atom. The topological polar surface area (TPSA) is 137 Å². The third kappa shape index (κ3) is 4.40. The molecule has 0 atom stereocenters. The van der Waals surface area contributed by atoms with Crippen molar-refractivity contribution < 1.29 is 4.92 Å². The van der Waals surface area contributed by atoms with Crippen LogP contribution in [0.5, 0.6) is 0 Å². The first-order valence-electron chi connectivity index (χ1n) is 7.93. The number of nitriles is 1. The smallest absolute Gasteiger partial charge is 0.279 e. The van der Waals surface area contributed by atoms with Crippen LogP contribution in [0.25, 0.3) is 11.3 Å². The minimum Gasteiger partial charge on any atom is -0.290 e. The Bertz CT molecular complexity index is 1220. The lowest BCUT2D eigenvalue weighted by Gasteiger charge is -2.06. The first-order chi connectivity index (χ1) is 13.9. The Morgan fingerprint density at radius 2 is 1.93 bits per heavy atom. The van der Waals surface area contributed by atoms with Crippen LogP contribution in [0, 0.1) is 21.4 Å². The Labute approximate surface area is 173 Å². The Kier molecular flexibility index (Phi) is 5.87. The summed E-state index contributed by atoms with van der Waals surface area (Å²) in [6.45, 7) is 0. The van der Waals surface area contributed by atoms with Crippen LogP contribution >= 0.6 is 23.2 Å². The average Bonchev–Trinajstić information content (AvgIpc) is 2.70. The average molecular weight is 429 g/mol. The maximum Gasteiger partial charge on any atom is 0.279 e. The lowest BCUT2D eigenvalue weighted by Crippen LogP contribution is -2.16. The van der Waals surface area contributed by atoms with Crippen molar-refractivity contribution in [2.45, 2.75) is 0 Å². The Balaban J connectivity index is 1.96. The summed E-state index contributed by atoms with van der Waals surface area (Å²) in [4.78, 5) is 29.3. The molecule has 0 radical (unpaired) electrons. The Hall–Kier alpha value is -3.74.